The van der Waals surface area contributed by atoms with Crippen molar-refractivity contribution in [3.63, 3.8) is 0 Å². The van der Waals surface area contributed by atoms with Crippen molar-refractivity contribution in [3.05, 3.63) is 0 Å². The number of hydrogen-bond acceptors (Lipinski definition) is 4. The van der Waals surface area contributed by atoms with Crippen LogP contribution in [0.1, 0.15) is 32.1 Å². The first kappa shape index (κ1) is 14.7. The minimum atomic E-state index is -3.79. The maximum absolute atomic E-state index is 12.5. The zero-order chi connectivity index (χ0) is 14.0. The first-order valence-corrected chi connectivity index (χ1v) is 8.00. The fourth-order valence-electron chi connectivity index (χ4n) is 2.68. The SMILES string of the molecule is O=C(O)[C@@H]1CC(O)CN1S(=O)(=O)N1CCCCCC1. The van der Waals surface area contributed by atoms with Gasteiger partial charge in [-0.05, 0) is 12.8 Å². The molecule has 2 aliphatic rings. The normalized spacial score (nSPS) is 31.2. The Morgan fingerprint density at radius 2 is 1.68 bits per heavy atom. The van der Waals surface area contributed by atoms with Gasteiger partial charge in [0, 0.05) is 26.1 Å². The van der Waals surface area contributed by atoms with Crippen molar-refractivity contribution in [3.8, 4) is 0 Å². The molecule has 1 unspecified atom stereocenters. The van der Waals surface area contributed by atoms with E-state index in [2.05, 4.69) is 0 Å². The lowest BCUT2D eigenvalue weighted by Crippen LogP contribution is -2.48. The molecule has 2 heterocycles. The van der Waals surface area contributed by atoms with Crippen molar-refractivity contribution in [2.45, 2.75) is 44.2 Å². The fourth-order valence-corrected chi connectivity index (χ4v) is 4.56. The molecule has 2 aliphatic heterocycles. The monoisotopic (exact) mass is 292 g/mol. The van der Waals surface area contributed by atoms with Crippen LogP contribution in [0.5, 0.6) is 0 Å². The van der Waals surface area contributed by atoms with Crippen molar-refractivity contribution < 1.29 is 23.4 Å². The number of nitrogens with zero attached hydrogens (tertiary/aromatic N) is 2. The Labute approximate surface area is 113 Å². The van der Waals surface area contributed by atoms with E-state index in [4.69, 9.17) is 5.11 Å². The van der Waals surface area contributed by atoms with Crippen LogP contribution in [0.15, 0.2) is 0 Å². The summed E-state index contributed by atoms with van der Waals surface area (Å²) >= 11 is 0. The van der Waals surface area contributed by atoms with Crippen molar-refractivity contribution in [1.29, 1.82) is 0 Å². The molecule has 2 atom stereocenters. The van der Waals surface area contributed by atoms with Gasteiger partial charge in [0.1, 0.15) is 6.04 Å². The molecule has 2 saturated heterocycles. The molecule has 2 fully saturated rings. The van der Waals surface area contributed by atoms with Crippen LogP contribution < -0.4 is 0 Å². The molecule has 0 aromatic heterocycles. The molecule has 0 bridgehead atoms. The fraction of sp³-hybridized carbons (Fsp3) is 0.909. The maximum Gasteiger partial charge on any atom is 0.322 e. The van der Waals surface area contributed by atoms with Crippen molar-refractivity contribution in [2.75, 3.05) is 19.6 Å². The topological polar surface area (TPSA) is 98.1 Å². The van der Waals surface area contributed by atoms with Crippen LogP contribution in [0.25, 0.3) is 0 Å². The van der Waals surface area contributed by atoms with E-state index < -0.39 is 28.3 Å². The van der Waals surface area contributed by atoms with E-state index in [0.29, 0.717) is 13.1 Å². The highest BCUT2D eigenvalue weighted by Gasteiger charge is 2.45. The number of carboxylic acid groups (broad SMARTS) is 1. The van der Waals surface area contributed by atoms with Crippen LogP contribution in [0.4, 0.5) is 0 Å². The molecule has 7 nitrogen and oxygen atoms in total. The Morgan fingerprint density at radius 3 is 2.21 bits per heavy atom. The molecule has 2 N–H and O–H groups in total. The molecule has 0 aromatic carbocycles. The highest BCUT2D eigenvalue weighted by molar-refractivity contribution is 7.86. The quantitative estimate of drug-likeness (QED) is 0.739. The van der Waals surface area contributed by atoms with Crippen molar-refractivity contribution in [1.82, 2.24) is 8.61 Å². The number of β-amino-alcohol motifs (C(OH)–C–C–N with tert-alkyl or cyclic N) is 1. The summed E-state index contributed by atoms with van der Waals surface area (Å²) in [5, 5.41) is 18.6. The number of carbonyl (C=O) groups is 1. The third kappa shape index (κ3) is 3.07. The smallest absolute Gasteiger partial charge is 0.322 e. The largest absolute Gasteiger partial charge is 0.480 e. The second-order valence-corrected chi connectivity index (χ2v) is 7.02. The lowest BCUT2D eigenvalue weighted by molar-refractivity contribution is -0.140. The third-order valence-electron chi connectivity index (χ3n) is 3.71. The van der Waals surface area contributed by atoms with Gasteiger partial charge in [-0.15, -0.1) is 0 Å². The molecule has 19 heavy (non-hydrogen) atoms. The molecule has 0 aliphatic carbocycles. The number of aliphatic carboxylic acids is 1. The summed E-state index contributed by atoms with van der Waals surface area (Å²) in [5.74, 6) is -1.20. The zero-order valence-electron chi connectivity index (χ0n) is 10.7. The van der Waals surface area contributed by atoms with Gasteiger partial charge < -0.3 is 10.2 Å². The molecule has 0 saturated carbocycles. The van der Waals surface area contributed by atoms with Crippen LogP contribution in [-0.4, -0.2) is 65.0 Å². The van der Waals surface area contributed by atoms with E-state index in [1.54, 1.807) is 0 Å². The van der Waals surface area contributed by atoms with Gasteiger partial charge in [-0.25, -0.2) is 0 Å². The summed E-state index contributed by atoms with van der Waals surface area (Å²) in [4.78, 5) is 11.1. The van der Waals surface area contributed by atoms with Crippen LogP contribution in [0.2, 0.25) is 0 Å². The minimum Gasteiger partial charge on any atom is -0.480 e. The standard InChI is InChI=1S/C11H20N2O5S/c14-9-7-10(11(15)16)13(8-9)19(17,18)12-5-3-1-2-4-6-12/h9-10,14H,1-8H2,(H,15,16)/t9?,10-/m0/s1. The summed E-state index contributed by atoms with van der Waals surface area (Å²) < 4.78 is 27.2. The molecule has 0 radical (unpaired) electrons. The van der Waals surface area contributed by atoms with Gasteiger partial charge in [0.05, 0.1) is 6.10 Å². The molecule has 0 spiro atoms. The number of rotatable bonds is 3. The van der Waals surface area contributed by atoms with Crippen LogP contribution in [-0.2, 0) is 15.0 Å². The zero-order valence-corrected chi connectivity index (χ0v) is 11.5. The highest BCUT2D eigenvalue weighted by Crippen LogP contribution is 2.25. The van der Waals surface area contributed by atoms with E-state index in [-0.39, 0.29) is 13.0 Å². The molecule has 0 amide bonds. The van der Waals surface area contributed by atoms with Crippen LogP contribution in [0.3, 0.4) is 0 Å². The van der Waals surface area contributed by atoms with Crippen molar-refractivity contribution >= 4 is 16.2 Å². The average Bonchev–Trinajstić information content (AvgIpc) is 2.58. The predicted octanol–water partition coefficient (Wildman–Crippen LogP) is -0.373. The molecular formula is C11H20N2O5S. The Morgan fingerprint density at radius 1 is 1.11 bits per heavy atom. The molecule has 8 heteroatoms. The van der Waals surface area contributed by atoms with Crippen LogP contribution >= 0.6 is 0 Å². The Hall–Kier alpha value is -0.700. The number of aliphatic hydroxyl groups is 1. The Bertz CT molecular complexity index is 430. The number of aliphatic hydroxyl groups excluding tert-OH is 1. The first-order valence-electron chi connectivity index (χ1n) is 6.60. The lowest BCUT2D eigenvalue weighted by Gasteiger charge is -2.28. The van der Waals surface area contributed by atoms with E-state index in [1.165, 1.54) is 4.31 Å². The lowest BCUT2D eigenvalue weighted by atomic mass is 10.2. The molecular weight excluding hydrogens is 272 g/mol. The van der Waals surface area contributed by atoms with Crippen molar-refractivity contribution in [2.24, 2.45) is 0 Å². The second kappa shape index (κ2) is 5.74. The summed E-state index contributed by atoms with van der Waals surface area (Å²) in [6.45, 7) is 0.734. The van der Waals surface area contributed by atoms with Gasteiger partial charge in [-0.3, -0.25) is 4.79 Å². The maximum atomic E-state index is 12.5. The number of hydrogen-bond donors (Lipinski definition) is 2. The Balaban J connectivity index is 2.19. The van der Waals surface area contributed by atoms with Gasteiger partial charge >= 0.3 is 5.97 Å². The van der Waals surface area contributed by atoms with Gasteiger partial charge in [0.25, 0.3) is 10.2 Å². The van der Waals surface area contributed by atoms with E-state index in [1.807, 2.05) is 0 Å². The van der Waals surface area contributed by atoms with Gasteiger partial charge in [-0.2, -0.15) is 17.0 Å². The molecule has 110 valence electrons. The van der Waals surface area contributed by atoms with Gasteiger partial charge in [0.15, 0.2) is 0 Å². The number of carboxylic acids is 1. The molecule has 2 rings (SSSR count). The minimum absolute atomic E-state index is 0.0393. The van der Waals surface area contributed by atoms with Gasteiger partial charge in [0.2, 0.25) is 0 Å². The summed E-state index contributed by atoms with van der Waals surface area (Å²) in [5.41, 5.74) is 0. The summed E-state index contributed by atoms with van der Waals surface area (Å²) in [6, 6.07) is -1.15. The summed E-state index contributed by atoms with van der Waals surface area (Å²) in [6.07, 6.45) is 2.65. The summed E-state index contributed by atoms with van der Waals surface area (Å²) in [7, 11) is -3.79. The predicted molar refractivity (Wildman–Crippen MR) is 67.7 cm³/mol. The molecule has 0 aromatic rings. The van der Waals surface area contributed by atoms with E-state index in [9.17, 15) is 18.3 Å². The van der Waals surface area contributed by atoms with Crippen LogP contribution in [0, 0.1) is 0 Å². The third-order valence-corrected chi connectivity index (χ3v) is 5.72. The Kier molecular flexibility index (Phi) is 4.44. The average molecular weight is 292 g/mol. The second-order valence-electron chi connectivity index (χ2n) is 5.13. The van der Waals surface area contributed by atoms with Gasteiger partial charge in [-0.1, -0.05) is 12.8 Å². The van der Waals surface area contributed by atoms with E-state index >= 15 is 0 Å². The van der Waals surface area contributed by atoms with E-state index in [0.717, 1.165) is 30.0 Å². The first-order chi connectivity index (χ1) is 8.93. The highest BCUT2D eigenvalue weighted by atomic mass is 32.2.